The molecule has 0 heterocycles. The zero-order chi connectivity index (χ0) is 15.4. The summed E-state index contributed by atoms with van der Waals surface area (Å²) in [5.41, 5.74) is 2.82. The molecule has 0 aliphatic rings. The molecule has 0 aliphatic carbocycles. The van der Waals surface area contributed by atoms with Crippen molar-refractivity contribution in [2.24, 2.45) is 0 Å². The zero-order valence-electron chi connectivity index (χ0n) is 12.7. The van der Waals surface area contributed by atoms with Crippen molar-refractivity contribution in [3.8, 4) is 5.75 Å². The molecule has 0 spiro atoms. The number of amides is 1. The Morgan fingerprint density at radius 2 is 1.76 bits per heavy atom. The highest BCUT2D eigenvalue weighted by atomic mass is 16.3. The minimum atomic E-state index is -0.0528. The van der Waals surface area contributed by atoms with Crippen molar-refractivity contribution in [3.05, 3.63) is 65.2 Å². The van der Waals surface area contributed by atoms with E-state index in [0.29, 0.717) is 0 Å². The third-order valence-corrected chi connectivity index (χ3v) is 3.91. The number of carbonyl (C=O) groups is 1. The van der Waals surface area contributed by atoms with Crippen LogP contribution in [0.15, 0.2) is 48.5 Å². The van der Waals surface area contributed by atoms with E-state index in [1.165, 1.54) is 0 Å². The minimum absolute atomic E-state index is 0.0213. The summed E-state index contributed by atoms with van der Waals surface area (Å²) in [6.07, 6.45) is 0.837. The van der Waals surface area contributed by atoms with Crippen molar-refractivity contribution in [1.29, 1.82) is 0 Å². The molecule has 1 N–H and O–H groups in total. The van der Waals surface area contributed by atoms with Gasteiger partial charge in [-0.15, -0.1) is 0 Å². The number of hydrogen-bond acceptors (Lipinski definition) is 2. The van der Waals surface area contributed by atoms with Crippen molar-refractivity contribution < 1.29 is 9.90 Å². The second-order valence-corrected chi connectivity index (χ2v) is 5.19. The van der Waals surface area contributed by atoms with Gasteiger partial charge in [-0.1, -0.05) is 37.3 Å². The zero-order valence-corrected chi connectivity index (χ0v) is 12.7. The van der Waals surface area contributed by atoms with Crippen molar-refractivity contribution in [2.45, 2.75) is 26.3 Å². The molecular formula is C18H21NO2. The van der Waals surface area contributed by atoms with Gasteiger partial charge >= 0.3 is 0 Å². The van der Waals surface area contributed by atoms with Crippen molar-refractivity contribution in [2.75, 3.05) is 7.05 Å². The lowest BCUT2D eigenvalue weighted by molar-refractivity contribution is 0.0741. The number of rotatable bonds is 4. The van der Waals surface area contributed by atoms with E-state index in [2.05, 4.69) is 6.92 Å². The van der Waals surface area contributed by atoms with Crippen molar-refractivity contribution in [3.63, 3.8) is 0 Å². The number of hydrogen-bond donors (Lipinski definition) is 1. The number of aryl methyl sites for hydroxylation is 1. The summed E-state index contributed by atoms with van der Waals surface area (Å²) in [5.74, 6) is 0.254. The molecule has 2 aromatic carbocycles. The first-order chi connectivity index (χ1) is 10.0. The summed E-state index contributed by atoms with van der Waals surface area (Å²) in [5, 5.41) is 9.35. The van der Waals surface area contributed by atoms with Crippen LogP contribution in [0.1, 0.15) is 41.4 Å². The molecule has 0 bridgehead atoms. The summed E-state index contributed by atoms with van der Waals surface area (Å²) >= 11 is 0. The van der Waals surface area contributed by atoms with Crippen molar-refractivity contribution in [1.82, 2.24) is 4.90 Å². The summed E-state index contributed by atoms with van der Waals surface area (Å²) in [4.78, 5) is 14.4. The molecule has 0 aromatic heterocycles. The van der Waals surface area contributed by atoms with Crippen LogP contribution in [0.2, 0.25) is 0 Å². The molecule has 0 aliphatic heterocycles. The molecule has 0 fully saturated rings. The monoisotopic (exact) mass is 283 g/mol. The second-order valence-electron chi connectivity index (χ2n) is 5.19. The topological polar surface area (TPSA) is 40.5 Å². The highest BCUT2D eigenvalue weighted by Crippen LogP contribution is 2.23. The van der Waals surface area contributed by atoms with E-state index in [9.17, 15) is 9.90 Å². The van der Waals surface area contributed by atoms with E-state index >= 15 is 0 Å². The molecule has 21 heavy (non-hydrogen) atoms. The fourth-order valence-electron chi connectivity index (χ4n) is 2.38. The van der Waals surface area contributed by atoms with E-state index in [1.54, 1.807) is 17.0 Å². The molecule has 0 saturated heterocycles. The number of benzene rings is 2. The maximum absolute atomic E-state index is 12.7. The molecule has 1 atom stereocenters. The fourth-order valence-corrected chi connectivity index (χ4v) is 2.38. The number of aromatic hydroxyl groups is 1. The van der Waals surface area contributed by atoms with Crippen LogP contribution in [0.4, 0.5) is 0 Å². The van der Waals surface area contributed by atoms with Crippen LogP contribution in [0.25, 0.3) is 0 Å². The Morgan fingerprint density at radius 3 is 2.38 bits per heavy atom. The van der Waals surface area contributed by atoms with Crippen LogP contribution < -0.4 is 0 Å². The van der Waals surface area contributed by atoms with Gasteiger partial charge in [0.1, 0.15) is 5.75 Å². The van der Waals surface area contributed by atoms with Crippen LogP contribution in [-0.2, 0) is 6.42 Å². The molecule has 2 aromatic rings. The molecule has 3 nitrogen and oxygen atoms in total. The molecule has 0 radical (unpaired) electrons. The minimum Gasteiger partial charge on any atom is -0.508 e. The van der Waals surface area contributed by atoms with Crippen LogP contribution in [0.5, 0.6) is 5.75 Å². The second kappa shape index (κ2) is 6.44. The Morgan fingerprint density at radius 1 is 1.14 bits per heavy atom. The maximum Gasteiger partial charge on any atom is 0.254 e. The number of nitrogens with zero attached hydrogens (tertiary/aromatic N) is 1. The fraction of sp³-hybridized carbons (Fsp3) is 0.278. The quantitative estimate of drug-likeness (QED) is 0.927. The van der Waals surface area contributed by atoms with Gasteiger partial charge in [-0.25, -0.2) is 0 Å². The Balaban J connectivity index is 2.24. The first kappa shape index (κ1) is 15.1. The predicted octanol–water partition coefficient (Wildman–Crippen LogP) is 3.79. The highest BCUT2D eigenvalue weighted by Gasteiger charge is 2.20. The summed E-state index contributed by atoms with van der Waals surface area (Å²) < 4.78 is 0. The van der Waals surface area contributed by atoms with Gasteiger partial charge in [0.25, 0.3) is 5.91 Å². The van der Waals surface area contributed by atoms with E-state index < -0.39 is 0 Å². The Kier molecular flexibility index (Phi) is 4.63. The first-order valence-electron chi connectivity index (χ1n) is 7.18. The average molecular weight is 283 g/mol. The number of phenols is 1. The van der Waals surface area contributed by atoms with Gasteiger partial charge in [-0.2, -0.15) is 0 Å². The average Bonchev–Trinajstić information content (AvgIpc) is 2.53. The molecule has 1 amide bonds. The largest absolute Gasteiger partial charge is 0.508 e. The SMILES string of the molecule is CCc1ccccc1C(=O)N(C)C(C)c1ccc(O)cc1. The summed E-state index contributed by atoms with van der Waals surface area (Å²) in [6, 6.07) is 14.6. The van der Waals surface area contributed by atoms with E-state index in [1.807, 2.05) is 50.4 Å². The lowest BCUT2D eigenvalue weighted by Gasteiger charge is -2.26. The van der Waals surface area contributed by atoms with E-state index in [-0.39, 0.29) is 17.7 Å². The lowest BCUT2D eigenvalue weighted by Crippen LogP contribution is -2.30. The summed E-state index contributed by atoms with van der Waals surface area (Å²) in [6.45, 7) is 4.04. The standard InChI is InChI=1S/C18H21NO2/c1-4-14-7-5-6-8-17(14)18(21)19(3)13(2)15-9-11-16(20)12-10-15/h5-13,20H,4H2,1-3H3. The molecule has 3 heteroatoms. The number of phenolic OH excluding ortho intramolecular Hbond substituents is 1. The van der Waals surface area contributed by atoms with Gasteiger partial charge < -0.3 is 10.0 Å². The molecule has 0 saturated carbocycles. The highest BCUT2D eigenvalue weighted by molar-refractivity contribution is 5.95. The van der Waals surface area contributed by atoms with Crippen molar-refractivity contribution >= 4 is 5.91 Å². The van der Waals surface area contributed by atoms with Crippen LogP contribution in [-0.4, -0.2) is 23.0 Å². The third-order valence-electron chi connectivity index (χ3n) is 3.91. The normalized spacial score (nSPS) is 12.0. The lowest BCUT2D eigenvalue weighted by atomic mass is 10.0. The maximum atomic E-state index is 12.7. The first-order valence-corrected chi connectivity index (χ1v) is 7.18. The van der Waals surface area contributed by atoms with Gasteiger partial charge in [0.2, 0.25) is 0 Å². The van der Waals surface area contributed by atoms with Gasteiger partial charge in [0.05, 0.1) is 6.04 Å². The van der Waals surface area contributed by atoms with Crippen LogP contribution in [0.3, 0.4) is 0 Å². The Hall–Kier alpha value is -2.29. The van der Waals surface area contributed by atoms with E-state index in [4.69, 9.17) is 0 Å². The third kappa shape index (κ3) is 3.24. The van der Waals surface area contributed by atoms with Crippen LogP contribution >= 0.6 is 0 Å². The molecule has 2 rings (SSSR count). The predicted molar refractivity (Wildman–Crippen MR) is 84.4 cm³/mol. The smallest absolute Gasteiger partial charge is 0.254 e. The number of carbonyl (C=O) groups excluding carboxylic acids is 1. The van der Waals surface area contributed by atoms with Gasteiger partial charge in [-0.3, -0.25) is 4.79 Å². The molecule has 110 valence electrons. The van der Waals surface area contributed by atoms with E-state index in [0.717, 1.165) is 23.1 Å². The van der Waals surface area contributed by atoms with Gasteiger partial charge in [0, 0.05) is 12.6 Å². The van der Waals surface area contributed by atoms with Gasteiger partial charge in [-0.05, 0) is 42.7 Å². The van der Waals surface area contributed by atoms with Crippen LogP contribution in [0, 0.1) is 0 Å². The molecule has 1 unspecified atom stereocenters. The van der Waals surface area contributed by atoms with Gasteiger partial charge in [0.15, 0.2) is 0 Å². The Labute approximate surface area is 125 Å². The molecular weight excluding hydrogens is 262 g/mol. The summed E-state index contributed by atoms with van der Waals surface area (Å²) in [7, 11) is 1.81. The Bertz CT molecular complexity index is 619.